The van der Waals surface area contributed by atoms with Gasteiger partial charge < -0.3 is 4.74 Å². The minimum Gasteiger partial charge on any atom is -0.474 e. The Morgan fingerprint density at radius 3 is 1.64 bits per heavy atom. The smallest absolute Gasteiger partial charge is 0.177 e. The molecule has 0 spiro atoms. The molecule has 0 aliphatic heterocycles. The second kappa shape index (κ2) is 6.98. The first kappa shape index (κ1) is 15.7. The Labute approximate surface area is 149 Å². The van der Waals surface area contributed by atoms with E-state index in [-0.39, 0.29) is 0 Å². The Bertz CT molecular complexity index is 778. The van der Waals surface area contributed by atoms with Gasteiger partial charge in [0.05, 0.1) is 0 Å². The first-order chi connectivity index (χ1) is 12.4. The monoisotopic (exact) mass is 326 g/mol. The van der Waals surface area contributed by atoms with Gasteiger partial charge in [-0.3, -0.25) is 0 Å². The summed E-state index contributed by atoms with van der Waals surface area (Å²) < 4.78 is 6.67. The van der Waals surface area contributed by atoms with Crippen molar-refractivity contribution in [1.82, 2.24) is 0 Å². The largest absolute Gasteiger partial charge is 0.474 e. The standard InChI is InChI=1S/C24H22O/c1-4-10-21(11-5-1)24(19-18-20-16-17-20,22-12-6-2-7-13-22)25-23-14-8-3-9-15-23/h1-15,18-20H,16-17H2. The molecule has 1 saturated carbocycles. The fourth-order valence-electron chi connectivity index (χ4n) is 3.12. The molecule has 3 aromatic rings. The SMILES string of the molecule is C(=CC(Oc1ccccc1)(c1ccccc1)c1ccccc1)C1CC1. The van der Waals surface area contributed by atoms with Gasteiger partial charge in [-0.2, -0.15) is 0 Å². The lowest BCUT2D eigenvalue weighted by Crippen LogP contribution is -2.32. The average molecular weight is 326 g/mol. The maximum atomic E-state index is 6.67. The van der Waals surface area contributed by atoms with Gasteiger partial charge in [-0.05, 0) is 37.0 Å². The summed E-state index contributed by atoms with van der Waals surface area (Å²) in [6.07, 6.45) is 7.13. The Morgan fingerprint density at radius 2 is 1.16 bits per heavy atom. The van der Waals surface area contributed by atoms with E-state index in [1.807, 2.05) is 42.5 Å². The van der Waals surface area contributed by atoms with Crippen LogP contribution in [0.15, 0.2) is 103 Å². The van der Waals surface area contributed by atoms with E-state index in [0.717, 1.165) is 16.9 Å². The molecule has 25 heavy (non-hydrogen) atoms. The summed E-state index contributed by atoms with van der Waals surface area (Å²) in [7, 11) is 0. The van der Waals surface area contributed by atoms with Crippen LogP contribution in [0.1, 0.15) is 24.0 Å². The number of benzene rings is 3. The lowest BCUT2D eigenvalue weighted by molar-refractivity contribution is 0.163. The number of para-hydroxylation sites is 1. The number of ether oxygens (including phenoxy) is 1. The van der Waals surface area contributed by atoms with Crippen LogP contribution in [0, 0.1) is 5.92 Å². The highest BCUT2D eigenvalue weighted by Crippen LogP contribution is 2.39. The second-order valence-electron chi connectivity index (χ2n) is 6.58. The molecule has 1 heteroatoms. The quantitative estimate of drug-likeness (QED) is 0.507. The molecule has 0 aromatic heterocycles. The van der Waals surface area contributed by atoms with Gasteiger partial charge in [-0.1, -0.05) is 84.9 Å². The van der Waals surface area contributed by atoms with E-state index in [2.05, 4.69) is 60.7 Å². The number of hydrogen-bond acceptors (Lipinski definition) is 1. The van der Waals surface area contributed by atoms with Crippen molar-refractivity contribution in [2.45, 2.75) is 18.4 Å². The van der Waals surface area contributed by atoms with E-state index in [9.17, 15) is 0 Å². The van der Waals surface area contributed by atoms with E-state index in [1.165, 1.54) is 12.8 Å². The highest BCUT2D eigenvalue weighted by Gasteiger charge is 2.35. The number of hydrogen-bond donors (Lipinski definition) is 0. The van der Waals surface area contributed by atoms with Crippen LogP contribution in [0.4, 0.5) is 0 Å². The first-order valence-corrected chi connectivity index (χ1v) is 8.91. The molecule has 1 aliphatic rings. The van der Waals surface area contributed by atoms with Crippen LogP contribution in [0.2, 0.25) is 0 Å². The molecule has 1 fully saturated rings. The molecule has 0 saturated heterocycles. The van der Waals surface area contributed by atoms with Crippen LogP contribution < -0.4 is 4.74 Å². The maximum Gasteiger partial charge on any atom is 0.177 e. The summed E-state index contributed by atoms with van der Waals surface area (Å²) in [5.41, 5.74) is 1.66. The molecule has 0 bridgehead atoms. The van der Waals surface area contributed by atoms with E-state index in [0.29, 0.717) is 5.92 Å². The molecule has 0 amide bonds. The number of rotatable bonds is 6. The van der Waals surface area contributed by atoms with Crippen LogP contribution in [-0.2, 0) is 5.60 Å². The molecule has 0 N–H and O–H groups in total. The Hall–Kier alpha value is -2.80. The van der Waals surface area contributed by atoms with Crippen molar-refractivity contribution >= 4 is 0 Å². The summed E-state index contributed by atoms with van der Waals surface area (Å²) in [5.74, 6) is 1.56. The Morgan fingerprint density at radius 1 is 0.680 bits per heavy atom. The summed E-state index contributed by atoms with van der Waals surface area (Å²) in [5, 5.41) is 0. The van der Waals surface area contributed by atoms with Gasteiger partial charge in [0.15, 0.2) is 5.60 Å². The van der Waals surface area contributed by atoms with Crippen molar-refractivity contribution in [1.29, 1.82) is 0 Å². The van der Waals surface area contributed by atoms with Crippen LogP contribution >= 0.6 is 0 Å². The van der Waals surface area contributed by atoms with Gasteiger partial charge in [0.1, 0.15) is 5.75 Å². The lowest BCUT2D eigenvalue weighted by Gasteiger charge is -2.33. The van der Waals surface area contributed by atoms with Gasteiger partial charge in [-0.15, -0.1) is 0 Å². The molecule has 1 nitrogen and oxygen atoms in total. The molecule has 0 heterocycles. The lowest BCUT2D eigenvalue weighted by atomic mass is 9.85. The third-order valence-corrected chi connectivity index (χ3v) is 4.65. The predicted molar refractivity (Wildman–Crippen MR) is 103 cm³/mol. The zero-order valence-electron chi connectivity index (χ0n) is 14.2. The van der Waals surface area contributed by atoms with Gasteiger partial charge in [0, 0.05) is 11.1 Å². The molecule has 0 unspecified atom stereocenters. The highest BCUT2D eigenvalue weighted by molar-refractivity contribution is 5.43. The number of allylic oxidation sites excluding steroid dienone is 1. The van der Waals surface area contributed by atoms with Gasteiger partial charge >= 0.3 is 0 Å². The van der Waals surface area contributed by atoms with E-state index >= 15 is 0 Å². The predicted octanol–water partition coefficient (Wildman–Crippen LogP) is 5.98. The van der Waals surface area contributed by atoms with Crippen molar-refractivity contribution in [3.8, 4) is 5.75 Å². The zero-order valence-corrected chi connectivity index (χ0v) is 14.2. The molecular weight excluding hydrogens is 304 g/mol. The Kier molecular flexibility index (Phi) is 4.39. The van der Waals surface area contributed by atoms with Crippen molar-refractivity contribution in [3.63, 3.8) is 0 Å². The molecule has 0 radical (unpaired) electrons. The highest BCUT2D eigenvalue weighted by atomic mass is 16.5. The summed E-state index contributed by atoms with van der Waals surface area (Å²) in [6, 6.07) is 31.1. The Balaban J connectivity index is 1.87. The zero-order chi connectivity index (χ0) is 17.0. The van der Waals surface area contributed by atoms with E-state index in [4.69, 9.17) is 4.74 Å². The molecular formula is C24H22O. The van der Waals surface area contributed by atoms with Gasteiger partial charge in [0.2, 0.25) is 0 Å². The maximum absolute atomic E-state index is 6.67. The van der Waals surface area contributed by atoms with Crippen molar-refractivity contribution < 1.29 is 4.74 Å². The fourth-order valence-corrected chi connectivity index (χ4v) is 3.12. The normalized spacial score (nSPS) is 14.6. The van der Waals surface area contributed by atoms with Gasteiger partial charge in [0.25, 0.3) is 0 Å². The van der Waals surface area contributed by atoms with Crippen molar-refractivity contribution in [2.75, 3.05) is 0 Å². The summed E-state index contributed by atoms with van der Waals surface area (Å²) in [6.45, 7) is 0. The van der Waals surface area contributed by atoms with E-state index in [1.54, 1.807) is 0 Å². The fraction of sp³-hybridized carbons (Fsp3) is 0.167. The topological polar surface area (TPSA) is 9.23 Å². The average Bonchev–Trinajstić information content (AvgIpc) is 3.52. The van der Waals surface area contributed by atoms with Crippen LogP contribution in [0.5, 0.6) is 5.75 Å². The molecule has 0 atom stereocenters. The summed E-state index contributed by atoms with van der Waals surface area (Å²) in [4.78, 5) is 0. The van der Waals surface area contributed by atoms with Crippen molar-refractivity contribution in [2.24, 2.45) is 5.92 Å². The second-order valence-corrected chi connectivity index (χ2v) is 6.58. The minimum absolute atomic E-state index is 0.619. The first-order valence-electron chi connectivity index (χ1n) is 8.91. The summed E-state index contributed by atoms with van der Waals surface area (Å²) >= 11 is 0. The van der Waals surface area contributed by atoms with Crippen LogP contribution in [0.25, 0.3) is 0 Å². The molecule has 1 aliphatic carbocycles. The molecule has 4 rings (SSSR count). The minimum atomic E-state index is -0.619. The molecule has 124 valence electrons. The van der Waals surface area contributed by atoms with Crippen molar-refractivity contribution in [3.05, 3.63) is 114 Å². The molecule has 3 aromatic carbocycles. The third kappa shape index (κ3) is 3.51. The van der Waals surface area contributed by atoms with Crippen LogP contribution in [-0.4, -0.2) is 0 Å². The van der Waals surface area contributed by atoms with Gasteiger partial charge in [-0.25, -0.2) is 0 Å². The third-order valence-electron chi connectivity index (χ3n) is 4.65. The van der Waals surface area contributed by atoms with E-state index < -0.39 is 5.60 Å². The van der Waals surface area contributed by atoms with Crippen LogP contribution in [0.3, 0.4) is 0 Å².